The predicted molar refractivity (Wildman–Crippen MR) is 84.6 cm³/mol. The summed E-state index contributed by atoms with van der Waals surface area (Å²) < 4.78 is 1.68. The Labute approximate surface area is 131 Å². The van der Waals surface area contributed by atoms with E-state index in [0.717, 1.165) is 37.9 Å². The fourth-order valence-corrected chi connectivity index (χ4v) is 3.17. The Balaban J connectivity index is 1.64. The first kappa shape index (κ1) is 14.8. The zero-order chi connectivity index (χ0) is 15.5. The lowest BCUT2D eigenvalue weighted by molar-refractivity contribution is 0.0724. The number of carbonyl (C=O) groups is 1. The maximum atomic E-state index is 12.6. The van der Waals surface area contributed by atoms with Gasteiger partial charge < -0.3 is 4.90 Å². The van der Waals surface area contributed by atoms with Gasteiger partial charge in [-0.05, 0) is 56.4 Å². The van der Waals surface area contributed by atoms with Gasteiger partial charge in [0.25, 0.3) is 5.91 Å². The number of carbonyl (C=O) groups excluding carboxylic acids is 1. The molecule has 0 bridgehead atoms. The van der Waals surface area contributed by atoms with E-state index < -0.39 is 0 Å². The smallest absolute Gasteiger partial charge is 0.274 e. The van der Waals surface area contributed by atoms with Crippen molar-refractivity contribution in [3.05, 3.63) is 47.5 Å². The van der Waals surface area contributed by atoms with Crippen molar-refractivity contribution in [2.24, 2.45) is 7.05 Å². The number of pyridine rings is 1. The van der Waals surface area contributed by atoms with Crippen molar-refractivity contribution in [2.75, 3.05) is 6.54 Å². The average Bonchev–Trinajstić information content (AvgIpc) is 3.13. The molecular weight excluding hydrogens is 276 g/mol. The van der Waals surface area contributed by atoms with Crippen LogP contribution in [-0.4, -0.2) is 38.2 Å². The van der Waals surface area contributed by atoms with Gasteiger partial charge in [-0.15, -0.1) is 0 Å². The molecule has 3 heterocycles. The zero-order valence-electron chi connectivity index (χ0n) is 13.2. The Morgan fingerprint density at radius 2 is 2.27 bits per heavy atom. The summed E-state index contributed by atoms with van der Waals surface area (Å²) in [5, 5.41) is 4.24. The molecule has 5 heteroatoms. The van der Waals surface area contributed by atoms with Gasteiger partial charge >= 0.3 is 0 Å². The summed E-state index contributed by atoms with van der Waals surface area (Å²) in [6.45, 7) is 2.85. The first-order valence-corrected chi connectivity index (χ1v) is 7.85. The van der Waals surface area contributed by atoms with Crippen molar-refractivity contribution in [1.29, 1.82) is 0 Å². The molecular formula is C17H22N4O. The van der Waals surface area contributed by atoms with Crippen molar-refractivity contribution in [3.8, 4) is 0 Å². The van der Waals surface area contributed by atoms with Crippen molar-refractivity contribution in [1.82, 2.24) is 19.7 Å². The highest BCUT2D eigenvalue weighted by molar-refractivity contribution is 5.92. The normalized spacial score (nSPS) is 17.9. The van der Waals surface area contributed by atoms with Crippen LogP contribution < -0.4 is 0 Å². The number of hydrogen-bond donors (Lipinski definition) is 0. The number of aryl methyl sites for hydroxylation is 3. The maximum Gasteiger partial charge on any atom is 0.274 e. The summed E-state index contributed by atoms with van der Waals surface area (Å²) in [6, 6.07) is 6.31. The summed E-state index contributed by atoms with van der Waals surface area (Å²) in [7, 11) is 1.84. The van der Waals surface area contributed by atoms with Crippen LogP contribution in [0.15, 0.2) is 30.6 Å². The van der Waals surface area contributed by atoms with Crippen molar-refractivity contribution < 1.29 is 4.79 Å². The predicted octanol–water partition coefficient (Wildman–Crippen LogP) is 2.36. The molecule has 1 aliphatic heterocycles. The second-order valence-corrected chi connectivity index (χ2v) is 6.01. The van der Waals surface area contributed by atoms with Gasteiger partial charge in [0, 0.05) is 37.7 Å². The zero-order valence-corrected chi connectivity index (χ0v) is 13.2. The van der Waals surface area contributed by atoms with Crippen LogP contribution in [0.25, 0.3) is 0 Å². The third kappa shape index (κ3) is 3.18. The molecule has 116 valence electrons. The van der Waals surface area contributed by atoms with Gasteiger partial charge in [0.2, 0.25) is 0 Å². The van der Waals surface area contributed by atoms with E-state index in [4.69, 9.17) is 0 Å². The number of hydrogen-bond acceptors (Lipinski definition) is 3. The van der Waals surface area contributed by atoms with Gasteiger partial charge in [-0.1, -0.05) is 0 Å². The lowest BCUT2D eigenvalue weighted by Gasteiger charge is -2.24. The van der Waals surface area contributed by atoms with E-state index in [9.17, 15) is 4.79 Å². The summed E-state index contributed by atoms with van der Waals surface area (Å²) in [5.74, 6) is 0.0639. The Morgan fingerprint density at radius 1 is 1.41 bits per heavy atom. The number of rotatable bonds is 4. The fourth-order valence-electron chi connectivity index (χ4n) is 3.17. The molecule has 0 spiro atoms. The first-order valence-electron chi connectivity index (χ1n) is 7.85. The molecule has 22 heavy (non-hydrogen) atoms. The third-order valence-electron chi connectivity index (χ3n) is 4.30. The minimum atomic E-state index is 0.0639. The molecule has 2 aromatic heterocycles. The van der Waals surface area contributed by atoms with Gasteiger partial charge in [0.15, 0.2) is 0 Å². The Hall–Kier alpha value is -2.17. The van der Waals surface area contributed by atoms with E-state index in [1.807, 2.05) is 31.3 Å². The molecule has 0 unspecified atom stereocenters. The highest BCUT2D eigenvalue weighted by Crippen LogP contribution is 2.23. The molecule has 3 rings (SSSR count). The fraction of sp³-hybridized carbons (Fsp3) is 0.471. The van der Waals surface area contributed by atoms with Gasteiger partial charge in [0.05, 0.1) is 0 Å². The molecule has 1 atom stereocenters. The van der Waals surface area contributed by atoms with Crippen molar-refractivity contribution in [2.45, 2.75) is 38.6 Å². The van der Waals surface area contributed by atoms with Crippen LogP contribution in [0.2, 0.25) is 0 Å². The standard InChI is InChI=1S/C17H22N4O/c1-13-12-14(7-9-18-13)5-6-15-4-3-10-21(15)17(22)16-8-11-20(2)19-16/h7-9,11-12,15H,3-6,10H2,1-2H3/t15-/m1/s1. The van der Waals surface area contributed by atoms with E-state index in [1.165, 1.54) is 5.56 Å². The second-order valence-electron chi connectivity index (χ2n) is 6.01. The van der Waals surface area contributed by atoms with Crippen LogP contribution in [0.1, 0.15) is 41.0 Å². The molecule has 1 aliphatic rings. The van der Waals surface area contributed by atoms with Crippen LogP contribution >= 0.6 is 0 Å². The lowest BCUT2D eigenvalue weighted by Crippen LogP contribution is -2.36. The Morgan fingerprint density at radius 3 is 3.00 bits per heavy atom. The molecule has 1 fully saturated rings. The van der Waals surface area contributed by atoms with Gasteiger partial charge in [0.1, 0.15) is 5.69 Å². The number of likely N-dealkylation sites (tertiary alicyclic amines) is 1. The van der Waals surface area contributed by atoms with Crippen LogP contribution in [0.3, 0.4) is 0 Å². The summed E-state index contributed by atoms with van der Waals surface area (Å²) in [6.07, 6.45) is 7.83. The molecule has 0 radical (unpaired) electrons. The quantitative estimate of drug-likeness (QED) is 0.870. The van der Waals surface area contributed by atoms with E-state index in [2.05, 4.69) is 22.2 Å². The highest BCUT2D eigenvalue weighted by Gasteiger charge is 2.30. The number of amides is 1. The molecule has 0 aliphatic carbocycles. The highest BCUT2D eigenvalue weighted by atomic mass is 16.2. The van der Waals surface area contributed by atoms with E-state index >= 15 is 0 Å². The molecule has 1 saturated heterocycles. The van der Waals surface area contributed by atoms with E-state index in [1.54, 1.807) is 10.7 Å². The molecule has 5 nitrogen and oxygen atoms in total. The first-order chi connectivity index (χ1) is 10.6. The van der Waals surface area contributed by atoms with Crippen molar-refractivity contribution >= 4 is 5.91 Å². The van der Waals surface area contributed by atoms with Crippen molar-refractivity contribution in [3.63, 3.8) is 0 Å². The largest absolute Gasteiger partial charge is 0.334 e. The van der Waals surface area contributed by atoms with Crippen LogP contribution in [0.4, 0.5) is 0 Å². The average molecular weight is 298 g/mol. The summed E-state index contributed by atoms with van der Waals surface area (Å²) >= 11 is 0. The number of nitrogens with zero attached hydrogens (tertiary/aromatic N) is 4. The van der Waals surface area contributed by atoms with Gasteiger partial charge in [-0.25, -0.2) is 0 Å². The molecule has 0 saturated carbocycles. The Bertz CT molecular complexity index is 664. The molecule has 0 aromatic carbocycles. The van der Waals surface area contributed by atoms with E-state index in [-0.39, 0.29) is 5.91 Å². The summed E-state index contributed by atoms with van der Waals surface area (Å²) in [4.78, 5) is 18.8. The minimum absolute atomic E-state index is 0.0639. The monoisotopic (exact) mass is 298 g/mol. The van der Waals surface area contributed by atoms with Gasteiger partial charge in [-0.2, -0.15) is 5.10 Å². The van der Waals surface area contributed by atoms with Crippen LogP contribution in [0.5, 0.6) is 0 Å². The second kappa shape index (κ2) is 6.30. The SMILES string of the molecule is Cc1cc(CC[C@H]2CCCN2C(=O)c2ccn(C)n2)ccn1. The lowest BCUT2D eigenvalue weighted by atomic mass is 10.0. The van der Waals surface area contributed by atoms with Crippen LogP contribution in [-0.2, 0) is 13.5 Å². The van der Waals surface area contributed by atoms with Gasteiger partial charge in [-0.3, -0.25) is 14.5 Å². The minimum Gasteiger partial charge on any atom is -0.334 e. The number of aromatic nitrogens is 3. The third-order valence-corrected chi connectivity index (χ3v) is 4.30. The molecule has 2 aromatic rings. The topological polar surface area (TPSA) is 51.0 Å². The Kier molecular flexibility index (Phi) is 4.22. The maximum absolute atomic E-state index is 12.6. The molecule has 1 amide bonds. The molecule has 0 N–H and O–H groups in total. The summed E-state index contributed by atoms with van der Waals surface area (Å²) in [5.41, 5.74) is 2.89. The van der Waals surface area contributed by atoms with Crippen LogP contribution in [0, 0.1) is 6.92 Å². The van der Waals surface area contributed by atoms with E-state index in [0.29, 0.717) is 11.7 Å².